The number of unbranched alkanes of at least 4 members (excludes halogenated alkanes) is 1. The van der Waals surface area contributed by atoms with E-state index in [2.05, 4.69) is 6.92 Å². The summed E-state index contributed by atoms with van der Waals surface area (Å²) in [5, 5.41) is 0. The first-order valence-corrected chi connectivity index (χ1v) is 11.0. The highest BCUT2D eigenvalue weighted by atomic mass is 16.5. The van der Waals surface area contributed by atoms with Crippen LogP contribution in [0.2, 0.25) is 0 Å². The summed E-state index contributed by atoms with van der Waals surface area (Å²) in [7, 11) is 5.09. The minimum absolute atomic E-state index is 0.177. The average Bonchev–Trinajstić information content (AvgIpc) is 3.11. The maximum Gasteiger partial charge on any atom is 0.251 e. The Morgan fingerprint density at radius 3 is 2.41 bits per heavy atom. The lowest BCUT2D eigenvalue weighted by Gasteiger charge is -2.23. The van der Waals surface area contributed by atoms with E-state index in [1.807, 2.05) is 30.1 Å². The first-order chi connectivity index (χ1) is 15.5. The summed E-state index contributed by atoms with van der Waals surface area (Å²) in [4.78, 5) is 28.9. The number of likely N-dealkylation sites (N-methyl/N-ethyl adjacent to an activating group) is 1. The van der Waals surface area contributed by atoms with Crippen LogP contribution >= 0.6 is 0 Å². The minimum atomic E-state index is -0.469. The van der Waals surface area contributed by atoms with Crippen molar-refractivity contribution in [2.45, 2.75) is 38.6 Å². The molecule has 3 rings (SSSR count). The van der Waals surface area contributed by atoms with Crippen LogP contribution in [0.25, 0.3) is 0 Å². The molecular weight excluding hydrogens is 408 g/mol. The number of methoxy groups -OCH3 is 2. The van der Waals surface area contributed by atoms with E-state index in [1.165, 1.54) is 4.90 Å². The van der Waals surface area contributed by atoms with Gasteiger partial charge in [0.2, 0.25) is 5.91 Å². The van der Waals surface area contributed by atoms with Crippen LogP contribution in [0.4, 0.5) is 5.69 Å². The van der Waals surface area contributed by atoms with Crippen molar-refractivity contribution in [1.29, 1.82) is 0 Å². The van der Waals surface area contributed by atoms with Crippen LogP contribution in [0, 0.1) is 0 Å². The highest BCUT2D eigenvalue weighted by molar-refractivity contribution is 6.22. The molecule has 1 fully saturated rings. The molecule has 1 heterocycles. The molecule has 1 saturated heterocycles. The summed E-state index contributed by atoms with van der Waals surface area (Å²) in [6, 6.07) is 12.5. The van der Waals surface area contributed by atoms with E-state index in [1.54, 1.807) is 38.5 Å². The predicted octanol–water partition coefficient (Wildman–Crippen LogP) is 3.69. The van der Waals surface area contributed by atoms with Gasteiger partial charge in [-0.1, -0.05) is 19.4 Å². The molecule has 1 aliphatic heterocycles. The summed E-state index contributed by atoms with van der Waals surface area (Å²) >= 11 is 0. The molecule has 0 bridgehead atoms. The summed E-state index contributed by atoms with van der Waals surface area (Å²) in [5.74, 6) is 1.72. The average molecular weight is 441 g/mol. The summed E-state index contributed by atoms with van der Waals surface area (Å²) in [6.45, 7) is 3.40. The quantitative estimate of drug-likeness (QED) is 0.392. The molecule has 7 heteroatoms. The Hall–Kier alpha value is -3.06. The van der Waals surface area contributed by atoms with Gasteiger partial charge in [0.05, 0.1) is 39.0 Å². The Morgan fingerprint density at radius 2 is 1.75 bits per heavy atom. The lowest BCUT2D eigenvalue weighted by molar-refractivity contribution is -0.122. The summed E-state index contributed by atoms with van der Waals surface area (Å²) in [5.41, 5.74) is 1.65. The lowest BCUT2D eigenvalue weighted by atomic mass is 10.1. The molecule has 172 valence electrons. The predicted molar refractivity (Wildman–Crippen MR) is 124 cm³/mol. The van der Waals surface area contributed by atoms with Crippen LogP contribution in [0.3, 0.4) is 0 Å². The monoisotopic (exact) mass is 440 g/mol. The van der Waals surface area contributed by atoms with E-state index in [-0.39, 0.29) is 18.2 Å². The molecular formula is C25H32N2O5. The number of hydrogen-bond donors (Lipinski definition) is 0. The largest absolute Gasteiger partial charge is 0.494 e. The van der Waals surface area contributed by atoms with Crippen molar-refractivity contribution in [3.05, 3.63) is 48.0 Å². The van der Waals surface area contributed by atoms with E-state index in [0.717, 1.165) is 30.6 Å². The topological polar surface area (TPSA) is 68.3 Å². The van der Waals surface area contributed by atoms with Gasteiger partial charge in [0.25, 0.3) is 5.91 Å². The Morgan fingerprint density at radius 1 is 1.03 bits per heavy atom. The highest BCUT2D eigenvalue weighted by Gasteiger charge is 2.41. The van der Waals surface area contributed by atoms with Crippen molar-refractivity contribution in [2.24, 2.45) is 0 Å². The molecule has 2 aromatic carbocycles. The molecule has 2 aromatic rings. The molecule has 0 aromatic heterocycles. The lowest BCUT2D eigenvalue weighted by Crippen LogP contribution is -2.40. The van der Waals surface area contributed by atoms with E-state index in [0.29, 0.717) is 30.3 Å². The van der Waals surface area contributed by atoms with Crippen LogP contribution in [-0.4, -0.2) is 57.2 Å². The van der Waals surface area contributed by atoms with E-state index in [9.17, 15) is 9.59 Å². The SMILES string of the molecule is CCCCOc1ccc(N2C(=O)C[C@@H](N(C)CCc3ccc(OC)c(OC)c3)C2=O)cc1. The van der Waals surface area contributed by atoms with Gasteiger partial charge in [-0.05, 0) is 61.9 Å². The number of benzene rings is 2. The van der Waals surface area contributed by atoms with Crippen molar-refractivity contribution < 1.29 is 23.8 Å². The molecule has 0 aliphatic carbocycles. The van der Waals surface area contributed by atoms with Crippen LogP contribution in [0.15, 0.2) is 42.5 Å². The Kier molecular flexibility index (Phi) is 8.11. The van der Waals surface area contributed by atoms with Crippen molar-refractivity contribution >= 4 is 17.5 Å². The number of imide groups is 1. The van der Waals surface area contributed by atoms with Crippen LogP contribution in [0.1, 0.15) is 31.7 Å². The molecule has 0 saturated carbocycles. The van der Waals surface area contributed by atoms with Gasteiger partial charge < -0.3 is 14.2 Å². The van der Waals surface area contributed by atoms with Crippen LogP contribution in [-0.2, 0) is 16.0 Å². The Labute approximate surface area is 189 Å². The van der Waals surface area contributed by atoms with Gasteiger partial charge in [0.15, 0.2) is 11.5 Å². The molecule has 32 heavy (non-hydrogen) atoms. The van der Waals surface area contributed by atoms with Gasteiger partial charge >= 0.3 is 0 Å². The number of amides is 2. The highest BCUT2D eigenvalue weighted by Crippen LogP contribution is 2.29. The molecule has 0 radical (unpaired) electrons. The molecule has 1 aliphatic rings. The second-order valence-electron chi connectivity index (χ2n) is 7.90. The smallest absolute Gasteiger partial charge is 0.251 e. The van der Waals surface area contributed by atoms with Gasteiger partial charge in [-0.25, -0.2) is 4.90 Å². The van der Waals surface area contributed by atoms with Crippen molar-refractivity contribution in [1.82, 2.24) is 4.90 Å². The summed E-state index contributed by atoms with van der Waals surface area (Å²) in [6.07, 6.45) is 2.95. The number of hydrogen-bond acceptors (Lipinski definition) is 6. The van der Waals surface area contributed by atoms with Gasteiger partial charge in [0.1, 0.15) is 5.75 Å². The van der Waals surface area contributed by atoms with Crippen molar-refractivity contribution in [3.8, 4) is 17.2 Å². The molecule has 0 spiro atoms. The number of nitrogens with zero attached hydrogens (tertiary/aromatic N) is 2. The zero-order valence-electron chi connectivity index (χ0n) is 19.3. The fourth-order valence-electron chi connectivity index (χ4n) is 3.75. The standard InChI is InChI=1S/C25H32N2O5/c1-5-6-15-32-20-10-8-19(9-11-20)27-24(28)17-21(25(27)29)26(2)14-13-18-7-12-22(30-3)23(16-18)31-4/h7-12,16,21H,5-6,13-15,17H2,1-4H3/t21-/m1/s1. The van der Waals surface area contributed by atoms with E-state index in [4.69, 9.17) is 14.2 Å². The van der Waals surface area contributed by atoms with Gasteiger partial charge in [-0.15, -0.1) is 0 Å². The van der Waals surface area contributed by atoms with E-state index < -0.39 is 6.04 Å². The van der Waals surface area contributed by atoms with Gasteiger partial charge in [-0.3, -0.25) is 14.5 Å². The van der Waals surface area contributed by atoms with Crippen molar-refractivity contribution in [2.75, 3.05) is 39.3 Å². The number of carbonyl (C=O) groups excluding carboxylic acids is 2. The number of rotatable bonds is 11. The zero-order valence-corrected chi connectivity index (χ0v) is 19.3. The third-order valence-electron chi connectivity index (χ3n) is 5.72. The third kappa shape index (κ3) is 5.40. The van der Waals surface area contributed by atoms with Crippen LogP contribution in [0.5, 0.6) is 17.2 Å². The van der Waals surface area contributed by atoms with Crippen LogP contribution < -0.4 is 19.1 Å². The zero-order chi connectivity index (χ0) is 23.1. The fraction of sp³-hybridized carbons (Fsp3) is 0.440. The number of ether oxygens (including phenoxy) is 3. The van der Waals surface area contributed by atoms with Crippen molar-refractivity contribution in [3.63, 3.8) is 0 Å². The molecule has 0 unspecified atom stereocenters. The number of carbonyl (C=O) groups is 2. The van der Waals surface area contributed by atoms with Gasteiger partial charge in [0, 0.05) is 6.54 Å². The fourth-order valence-corrected chi connectivity index (χ4v) is 3.75. The second-order valence-corrected chi connectivity index (χ2v) is 7.90. The molecule has 0 N–H and O–H groups in total. The first-order valence-electron chi connectivity index (χ1n) is 11.0. The maximum atomic E-state index is 13.0. The maximum absolute atomic E-state index is 13.0. The molecule has 1 atom stereocenters. The summed E-state index contributed by atoms with van der Waals surface area (Å²) < 4.78 is 16.3. The third-order valence-corrected chi connectivity index (χ3v) is 5.72. The molecule has 2 amide bonds. The molecule has 7 nitrogen and oxygen atoms in total. The normalized spacial score (nSPS) is 16.0. The Bertz CT molecular complexity index is 928. The van der Waals surface area contributed by atoms with Gasteiger partial charge in [-0.2, -0.15) is 0 Å². The Balaban J connectivity index is 1.61. The first kappa shape index (κ1) is 23.6. The van der Waals surface area contributed by atoms with E-state index >= 15 is 0 Å². The second kappa shape index (κ2) is 11.0. The minimum Gasteiger partial charge on any atom is -0.494 e. The number of anilines is 1.